The van der Waals surface area contributed by atoms with Crippen LogP contribution in [0.2, 0.25) is 0 Å². The third-order valence-electron chi connectivity index (χ3n) is 6.38. The molecule has 2 heterocycles. The summed E-state index contributed by atoms with van der Waals surface area (Å²) in [5, 5.41) is 12.7. The fraction of sp³-hybridized carbons (Fsp3) is 0.286. The molecule has 3 N–H and O–H groups in total. The number of carbonyl (C=O) groups is 1. The first-order valence-corrected chi connectivity index (χ1v) is 12.2. The van der Waals surface area contributed by atoms with Crippen molar-refractivity contribution in [1.29, 1.82) is 0 Å². The summed E-state index contributed by atoms with van der Waals surface area (Å²) in [6, 6.07) is 20.9. The van der Waals surface area contributed by atoms with Gasteiger partial charge in [0.2, 0.25) is 0 Å². The predicted octanol–water partition coefficient (Wildman–Crippen LogP) is 4.47. The van der Waals surface area contributed by atoms with Crippen molar-refractivity contribution < 1.29 is 19.4 Å². The van der Waals surface area contributed by atoms with Gasteiger partial charge in [-0.25, -0.2) is 4.98 Å². The van der Waals surface area contributed by atoms with Gasteiger partial charge in [-0.1, -0.05) is 12.1 Å². The number of aliphatic hydroxyl groups is 1. The van der Waals surface area contributed by atoms with E-state index in [2.05, 4.69) is 20.2 Å². The van der Waals surface area contributed by atoms with Crippen molar-refractivity contribution in [3.63, 3.8) is 0 Å². The minimum atomic E-state index is -0.197. The monoisotopic (exact) mass is 486 g/mol. The second kappa shape index (κ2) is 10.8. The molecule has 3 aromatic carbocycles. The van der Waals surface area contributed by atoms with Crippen LogP contribution in [0.5, 0.6) is 5.75 Å². The van der Waals surface area contributed by atoms with Crippen LogP contribution in [-0.2, 0) is 4.74 Å². The number of aromatic amines is 1. The predicted molar refractivity (Wildman–Crippen MR) is 141 cm³/mol. The van der Waals surface area contributed by atoms with E-state index in [0.717, 1.165) is 65.5 Å². The zero-order valence-electron chi connectivity index (χ0n) is 20.2. The first-order chi connectivity index (χ1) is 17.6. The molecular formula is C28H30N4O4. The van der Waals surface area contributed by atoms with Gasteiger partial charge in [-0.05, 0) is 61.4 Å². The molecule has 0 atom stereocenters. The lowest BCUT2D eigenvalue weighted by Crippen LogP contribution is -2.35. The number of carbonyl (C=O) groups excluding carboxylic acids is 1. The van der Waals surface area contributed by atoms with Gasteiger partial charge in [0.05, 0.1) is 23.7 Å². The second-order valence-corrected chi connectivity index (χ2v) is 8.90. The van der Waals surface area contributed by atoms with Crippen molar-refractivity contribution in [3.8, 4) is 17.1 Å². The average molecular weight is 487 g/mol. The van der Waals surface area contributed by atoms with E-state index in [1.165, 1.54) is 0 Å². The van der Waals surface area contributed by atoms with Gasteiger partial charge in [0, 0.05) is 48.8 Å². The van der Waals surface area contributed by atoms with Crippen molar-refractivity contribution >= 4 is 28.3 Å². The molecule has 0 unspecified atom stereocenters. The Labute approximate surface area is 209 Å². The maximum atomic E-state index is 12.8. The number of fused-ring (bicyclic) bond motifs is 1. The Morgan fingerprint density at radius 2 is 1.81 bits per heavy atom. The third-order valence-corrected chi connectivity index (χ3v) is 6.38. The summed E-state index contributed by atoms with van der Waals surface area (Å²) < 4.78 is 10.7. The van der Waals surface area contributed by atoms with E-state index in [0.29, 0.717) is 18.8 Å². The zero-order valence-corrected chi connectivity index (χ0v) is 20.2. The Morgan fingerprint density at radius 3 is 2.53 bits per heavy atom. The number of nitrogens with zero attached hydrogens (tertiary/aromatic N) is 2. The minimum absolute atomic E-state index is 0.169. The van der Waals surface area contributed by atoms with Gasteiger partial charge in [0.15, 0.2) is 0 Å². The number of aromatic nitrogens is 2. The van der Waals surface area contributed by atoms with Crippen LogP contribution in [0.1, 0.15) is 23.2 Å². The average Bonchev–Trinajstić information content (AvgIpc) is 3.33. The van der Waals surface area contributed by atoms with E-state index < -0.39 is 0 Å². The molecule has 0 saturated carbocycles. The van der Waals surface area contributed by atoms with E-state index >= 15 is 0 Å². The standard InChI is InChI=1S/C28H30N4O4/c1-35-16-17-36-24-10-11-25-26(18-24)31-27(30-25)19-2-4-20(5-3-19)28(34)29-21-6-8-22(9-7-21)32-14-12-23(33)13-15-32/h2-11,18,23,33H,12-17H2,1H3,(H,29,34)(H,30,31). The summed E-state index contributed by atoms with van der Waals surface area (Å²) >= 11 is 0. The highest BCUT2D eigenvalue weighted by atomic mass is 16.5. The Morgan fingerprint density at radius 1 is 1.06 bits per heavy atom. The largest absolute Gasteiger partial charge is 0.491 e. The molecule has 0 spiro atoms. The smallest absolute Gasteiger partial charge is 0.255 e. The number of benzene rings is 3. The number of anilines is 2. The van der Waals surface area contributed by atoms with Gasteiger partial charge in [0.1, 0.15) is 18.2 Å². The summed E-state index contributed by atoms with van der Waals surface area (Å²) in [6.45, 7) is 2.70. The van der Waals surface area contributed by atoms with Crippen LogP contribution in [0.3, 0.4) is 0 Å². The number of rotatable bonds is 8. The van der Waals surface area contributed by atoms with E-state index in [1.54, 1.807) is 19.2 Å². The Balaban J connectivity index is 1.22. The van der Waals surface area contributed by atoms with Gasteiger partial charge < -0.3 is 29.8 Å². The van der Waals surface area contributed by atoms with Crippen LogP contribution in [0.25, 0.3) is 22.4 Å². The second-order valence-electron chi connectivity index (χ2n) is 8.90. The molecule has 1 saturated heterocycles. The molecule has 1 aromatic heterocycles. The maximum absolute atomic E-state index is 12.8. The van der Waals surface area contributed by atoms with Gasteiger partial charge in [-0.3, -0.25) is 4.79 Å². The Bertz CT molecular complexity index is 1310. The number of aliphatic hydroxyl groups excluding tert-OH is 1. The van der Waals surface area contributed by atoms with E-state index in [4.69, 9.17) is 9.47 Å². The molecule has 0 bridgehead atoms. The van der Waals surface area contributed by atoms with Crippen molar-refractivity contribution in [2.24, 2.45) is 0 Å². The maximum Gasteiger partial charge on any atom is 0.255 e. The van der Waals surface area contributed by atoms with Gasteiger partial charge in [-0.15, -0.1) is 0 Å². The first-order valence-electron chi connectivity index (χ1n) is 12.2. The lowest BCUT2D eigenvalue weighted by molar-refractivity contribution is 0.102. The lowest BCUT2D eigenvalue weighted by Gasteiger charge is -2.31. The Kier molecular flexibility index (Phi) is 7.16. The number of hydrogen-bond donors (Lipinski definition) is 3. The molecule has 186 valence electrons. The van der Waals surface area contributed by atoms with Crippen LogP contribution in [0.4, 0.5) is 11.4 Å². The van der Waals surface area contributed by atoms with E-state index in [1.807, 2.05) is 54.6 Å². The summed E-state index contributed by atoms with van der Waals surface area (Å²) in [5.74, 6) is 1.31. The van der Waals surface area contributed by atoms with Crippen molar-refractivity contribution in [2.45, 2.75) is 18.9 Å². The lowest BCUT2D eigenvalue weighted by atomic mass is 10.1. The number of nitrogens with one attached hydrogen (secondary N) is 2. The fourth-order valence-electron chi connectivity index (χ4n) is 4.32. The quantitative estimate of drug-likeness (QED) is 0.318. The number of imidazole rings is 1. The van der Waals surface area contributed by atoms with E-state index in [9.17, 15) is 9.90 Å². The zero-order chi connectivity index (χ0) is 24.9. The molecule has 0 radical (unpaired) electrons. The van der Waals surface area contributed by atoms with Crippen molar-refractivity contribution in [3.05, 3.63) is 72.3 Å². The number of piperidine rings is 1. The van der Waals surface area contributed by atoms with Gasteiger partial charge in [0.25, 0.3) is 5.91 Å². The van der Waals surface area contributed by atoms with Crippen LogP contribution < -0.4 is 15.0 Å². The molecule has 36 heavy (non-hydrogen) atoms. The summed E-state index contributed by atoms with van der Waals surface area (Å²) in [4.78, 5) is 23.0. The van der Waals surface area contributed by atoms with Crippen LogP contribution in [-0.4, -0.2) is 60.5 Å². The highest BCUT2D eigenvalue weighted by Crippen LogP contribution is 2.25. The molecule has 8 nitrogen and oxygen atoms in total. The Hall–Kier alpha value is -3.88. The molecule has 1 aliphatic heterocycles. The van der Waals surface area contributed by atoms with E-state index in [-0.39, 0.29) is 12.0 Å². The topological polar surface area (TPSA) is 99.7 Å². The molecule has 1 fully saturated rings. The summed E-state index contributed by atoms with van der Waals surface area (Å²) in [7, 11) is 1.64. The van der Waals surface area contributed by atoms with Crippen molar-refractivity contribution in [1.82, 2.24) is 9.97 Å². The molecular weight excluding hydrogens is 456 g/mol. The van der Waals surface area contributed by atoms with Crippen LogP contribution in [0, 0.1) is 0 Å². The van der Waals surface area contributed by atoms with Crippen LogP contribution >= 0.6 is 0 Å². The molecule has 1 aliphatic rings. The SMILES string of the molecule is COCCOc1ccc2nc(-c3ccc(C(=O)Nc4ccc(N5CCC(O)CC5)cc4)cc3)[nH]c2c1. The van der Waals surface area contributed by atoms with Gasteiger partial charge >= 0.3 is 0 Å². The highest BCUT2D eigenvalue weighted by Gasteiger charge is 2.17. The molecule has 5 rings (SSSR count). The molecule has 0 aliphatic carbocycles. The normalized spacial score (nSPS) is 14.2. The minimum Gasteiger partial charge on any atom is -0.491 e. The number of H-pyrrole nitrogens is 1. The van der Waals surface area contributed by atoms with Crippen LogP contribution in [0.15, 0.2) is 66.7 Å². The van der Waals surface area contributed by atoms with Crippen molar-refractivity contribution in [2.75, 3.05) is 43.6 Å². The number of amides is 1. The summed E-state index contributed by atoms with van der Waals surface area (Å²) in [5.41, 5.74) is 5.02. The number of ether oxygens (including phenoxy) is 2. The summed E-state index contributed by atoms with van der Waals surface area (Å²) in [6.07, 6.45) is 1.37. The number of methoxy groups -OCH3 is 1. The van der Waals surface area contributed by atoms with Gasteiger partial charge in [-0.2, -0.15) is 0 Å². The molecule has 1 amide bonds. The first kappa shape index (κ1) is 23.8. The highest BCUT2D eigenvalue weighted by molar-refractivity contribution is 6.04. The molecule has 4 aromatic rings. The third kappa shape index (κ3) is 5.50. The fourth-order valence-corrected chi connectivity index (χ4v) is 4.32. The molecule has 8 heteroatoms. The number of hydrogen-bond acceptors (Lipinski definition) is 6.